The van der Waals surface area contributed by atoms with E-state index in [1.807, 2.05) is 11.2 Å². The zero-order valence-electron chi connectivity index (χ0n) is 11.4. The Morgan fingerprint density at radius 2 is 2.20 bits per heavy atom. The Labute approximate surface area is 121 Å². The summed E-state index contributed by atoms with van der Waals surface area (Å²) in [7, 11) is 1.35. The van der Waals surface area contributed by atoms with Crippen LogP contribution < -0.4 is 4.74 Å². The molecule has 2 saturated heterocycles. The smallest absolute Gasteiger partial charge is 0.256 e. The van der Waals surface area contributed by atoms with E-state index in [0.717, 1.165) is 19.5 Å². The molecule has 0 aliphatic carbocycles. The fourth-order valence-electron chi connectivity index (χ4n) is 2.89. The van der Waals surface area contributed by atoms with Crippen LogP contribution in [0.15, 0.2) is 12.3 Å². The van der Waals surface area contributed by atoms with Gasteiger partial charge in [-0.3, -0.25) is 4.79 Å². The quantitative estimate of drug-likeness (QED) is 0.789. The summed E-state index contributed by atoms with van der Waals surface area (Å²) in [5.41, 5.74) is 0.288. The van der Waals surface area contributed by atoms with E-state index < -0.39 is 5.82 Å². The zero-order valence-corrected chi connectivity index (χ0v) is 12.2. The molecule has 0 aromatic carbocycles. The number of methoxy groups -OCH3 is 1. The van der Waals surface area contributed by atoms with Crippen LogP contribution in [0.25, 0.3) is 0 Å². The van der Waals surface area contributed by atoms with E-state index in [1.54, 1.807) is 11.9 Å². The molecule has 5 nitrogen and oxygen atoms in total. The largest absolute Gasteiger partial charge is 0.479 e. The van der Waals surface area contributed by atoms with E-state index >= 15 is 0 Å². The number of carbonyl (C=O) groups excluding carboxylic acids is 1. The summed E-state index contributed by atoms with van der Waals surface area (Å²) in [6, 6.07) is 1.67. The van der Waals surface area contributed by atoms with Crippen molar-refractivity contribution in [2.75, 3.05) is 26.5 Å². The number of ether oxygens (including phenoxy) is 1. The van der Waals surface area contributed by atoms with Crippen molar-refractivity contribution in [3.05, 3.63) is 23.6 Å². The lowest BCUT2D eigenvalue weighted by molar-refractivity contribution is -0.0222. The first-order valence-corrected chi connectivity index (χ1v) is 7.63. The molecule has 2 unspecified atom stereocenters. The van der Waals surface area contributed by atoms with Crippen LogP contribution in [-0.4, -0.2) is 58.6 Å². The second kappa shape index (κ2) is 5.21. The maximum Gasteiger partial charge on any atom is 0.256 e. The van der Waals surface area contributed by atoms with Crippen molar-refractivity contribution in [3.63, 3.8) is 0 Å². The lowest BCUT2D eigenvalue weighted by Gasteiger charge is -2.55. The minimum atomic E-state index is -0.602. The van der Waals surface area contributed by atoms with Crippen LogP contribution in [0.1, 0.15) is 16.8 Å². The number of hydrogen-bond acceptors (Lipinski definition) is 5. The second-order valence-electron chi connectivity index (χ2n) is 5.00. The number of aromatic nitrogens is 1. The van der Waals surface area contributed by atoms with Gasteiger partial charge in [-0.05, 0) is 18.7 Å². The molecule has 1 aromatic rings. The molecule has 108 valence electrons. The first kappa shape index (κ1) is 13.6. The molecule has 3 rings (SSSR count). The number of carbonyl (C=O) groups is 1. The molecule has 2 aliphatic rings. The van der Waals surface area contributed by atoms with Gasteiger partial charge in [0.1, 0.15) is 0 Å². The molecular formula is C13H16FN3O2S. The third-order valence-electron chi connectivity index (χ3n) is 3.90. The zero-order chi connectivity index (χ0) is 14.3. The second-order valence-corrected chi connectivity index (χ2v) is 5.88. The van der Waals surface area contributed by atoms with Crippen LogP contribution >= 0.6 is 11.9 Å². The fraction of sp³-hybridized carbons (Fsp3) is 0.538. The average molecular weight is 297 g/mol. The van der Waals surface area contributed by atoms with Crippen molar-refractivity contribution in [2.45, 2.75) is 18.5 Å². The standard InChI is InChI=1S/C13H16FN3O2S/c1-19-12-11(14)3-8(5-15-12)13(18)17-9-4-10(17)7-16(6-9)20-2/h3,5,9-10H,4,6-7H2,1-2H3. The number of halogens is 1. The van der Waals surface area contributed by atoms with Gasteiger partial charge in [0.25, 0.3) is 5.91 Å². The first-order valence-electron chi connectivity index (χ1n) is 6.45. The average Bonchev–Trinajstić information content (AvgIpc) is 2.47. The number of amides is 1. The SMILES string of the molecule is COc1ncc(C(=O)N2C3CC2CN(SC)C3)cc1F. The fourth-order valence-corrected chi connectivity index (χ4v) is 3.54. The Bertz CT molecular complexity index is 530. The highest BCUT2D eigenvalue weighted by Crippen LogP contribution is 2.35. The van der Waals surface area contributed by atoms with E-state index in [1.165, 1.54) is 19.4 Å². The van der Waals surface area contributed by atoms with Gasteiger partial charge in [0.2, 0.25) is 5.88 Å². The van der Waals surface area contributed by atoms with Crippen LogP contribution in [0, 0.1) is 5.82 Å². The molecule has 2 bridgehead atoms. The maximum atomic E-state index is 13.6. The third-order valence-corrected chi connectivity index (χ3v) is 4.71. The van der Waals surface area contributed by atoms with Crippen molar-refractivity contribution in [3.8, 4) is 5.88 Å². The number of fused-ring (bicyclic) bond motifs is 2. The van der Waals surface area contributed by atoms with Crippen molar-refractivity contribution in [2.24, 2.45) is 0 Å². The summed E-state index contributed by atoms with van der Waals surface area (Å²) in [5.74, 6) is -0.824. The van der Waals surface area contributed by atoms with E-state index in [-0.39, 0.29) is 29.4 Å². The van der Waals surface area contributed by atoms with Crippen LogP contribution in [-0.2, 0) is 0 Å². The van der Waals surface area contributed by atoms with E-state index in [2.05, 4.69) is 9.29 Å². The van der Waals surface area contributed by atoms with Crippen molar-refractivity contribution in [1.82, 2.24) is 14.2 Å². The van der Waals surface area contributed by atoms with Crippen LogP contribution in [0.4, 0.5) is 4.39 Å². The Morgan fingerprint density at radius 3 is 2.75 bits per heavy atom. The molecule has 0 radical (unpaired) electrons. The Hall–Kier alpha value is -1.34. The monoisotopic (exact) mass is 297 g/mol. The number of piperazine rings is 1. The number of hydrogen-bond donors (Lipinski definition) is 0. The summed E-state index contributed by atoms with van der Waals surface area (Å²) in [6.45, 7) is 1.74. The predicted octanol–water partition coefficient (Wildman–Crippen LogP) is 1.41. The molecule has 2 aliphatic heterocycles. The van der Waals surface area contributed by atoms with E-state index in [0.29, 0.717) is 0 Å². The number of piperidine rings is 1. The topological polar surface area (TPSA) is 45.7 Å². The highest BCUT2D eigenvalue weighted by molar-refractivity contribution is 7.96. The van der Waals surface area contributed by atoms with Crippen LogP contribution in [0.3, 0.4) is 0 Å². The summed E-state index contributed by atoms with van der Waals surface area (Å²) < 4.78 is 20.7. The van der Waals surface area contributed by atoms with Gasteiger partial charge in [-0.25, -0.2) is 13.7 Å². The van der Waals surface area contributed by atoms with Gasteiger partial charge in [0.05, 0.1) is 12.7 Å². The Balaban J connectivity index is 1.76. The molecule has 0 N–H and O–H groups in total. The van der Waals surface area contributed by atoms with Crippen LogP contribution in [0.2, 0.25) is 0 Å². The Kier molecular flexibility index (Phi) is 3.55. The maximum absolute atomic E-state index is 13.6. The lowest BCUT2D eigenvalue weighted by Crippen LogP contribution is -2.68. The summed E-state index contributed by atoms with van der Waals surface area (Å²) in [4.78, 5) is 18.1. The Morgan fingerprint density at radius 1 is 1.50 bits per heavy atom. The van der Waals surface area contributed by atoms with E-state index in [9.17, 15) is 9.18 Å². The molecule has 7 heteroatoms. The van der Waals surface area contributed by atoms with Gasteiger partial charge >= 0.3 is 0 Å². The highest BCUT2D eigenvalue weighted by atomic mass is 32.2. The van der Waals surface area contributed by atoms with E-state index in [4.69, 9.17) is 4.74 Å². The molecule has 2 atom stereocenters. The van der Waals surface area contributed by atoms with Crippen molar-refractivity contribution in [1.29, 1.82) is 0 Å². The number of pyridine rings is 1. The minimum Gasteiger partial charge on any atom is -0.479 e. The van der Waals surface area contributed by atoms with Gasteiger partial charge in [0.15, 0.2) is 5.82 Å². The normalized spacial score (nSPS) is 25.2. The van der Waals surface area contributed by atoms with Gasteiger partial charge in [-0.15, -0.1) is 0 Å². The predicted molar refractivity (Wildman–Crippen MR) is 74.2 cm³/mol. The first-order chi connectivity index (χ1) is 9.63. The lowest BCUT2D eigenvalue weighted by atomic mass is 9.88. The molecule has 1 amide bonds. The number of nitrogens with zero attached hydrogens (tertiary/aromatic N) is 3. The molecule has 0 saturated carbocycles. The summed E-state index contributed by atoms with van der Waals surface area (Å²) in [5, 5.41) is 0. The van der Waals surface area contributed by atoms with Gasteiger partial charge in [0, 0.05) is 31.4 Å². The number of rotatable bonds is 3. The molecule has 1 aromatic heterocycles. The molecule has 20 heavy (non-hydrogen) atoms. The highest BCUT2D eigenvalue weighted by Gasteiger charge is 2.47. The third kappa shape index (κ3) is 2.14. The number of likely N-dealkylation sites (tertiary alicyclic amines) is 1. The molecule has 0 spiro atoms. The summed E-state index contributed by atoms with van der Waals surface area (Å²) in [6.07, 6.45) is 4.46. The molecular weight excluding hydrogens is 281 g/mol. The van der Waals surface area contributed by atoms with Gasteiger partial charge in [-0.2, -0.15) is 0 Å². The van der Waals surface area contributed by atoms with Gasteiger partial charge in [-0.1, -0.05) is 11.9 Å². The van der Waals surface area contributed by atoms with Crippen LogP contribution in [0.5, 0.6) is 5.88 Å². The molecule has 3 heterocycles. The minimum absolute atomic E-state index is 0.0843. The summed E-state index contributed by atoms with van der Waals surface area (Å²) >= 11 is 1.70. The van der Waals surface area contributed by atoms with Gasteiger partial charge < -0.3 is 9.64 Å². The van der Waals surface area contributed by atoms with Crippen molar-refractivity contribution < 1.29 is 13.9 Å². The van der Waals surface area contributed by atoms with Crippen molar-refractivity contribution >= 4 is 17.9 Å². The molecule has 2 fully saturated rings.